The number of amides is 1. The van der Waals surface area contributed by atoms with Gasteiger partial charge in [-0.25, -0.2) is 4.79 Å². The number of nitrogens with two attached hydrogens (primary N) is 1. The summed E-state index contributed by atoms with van der Waals surface area (Å²) in [5.41, 5.74) is 10.0. The normalized spacial score (nSPS) is 10.8. The lowest BCUT2D eigenvalue weighted by Crippen LogP contribution is -2.26. The Morgan fingerprint density at radius 3 is 2.42 bits per heavy atom. The maximum atomic E-state index is 13.1. The van der Waals surface area contributed by atoms with Crippen molar-refractivity contribution in [2.24, 2.45) is 0 Å². The number of anilines is 2. The molecule has 1 amide bonds. The molecule has 2 heterocycles. The lowest BCUT2D eigenvalue weighted by atomic mass is 10.1. The number of nitrogens with one attached hydrogen (secondary N) is 1. The number of carbonyl (C=O) groups excluding carboxylic acids is 2. The summed E-state index contributed by atoms with van der Waals surface area (Å²) in [4.78, 5) is 36.9. The lowest BCUT2D eigenvalue weighted by molar-refractivity contribution is -0.114. The van der Waals surface area contributed by atoms with Crippen molar-refractivity contribution in [3.05, 3.63) is 88.5 Å². The summed E-state index contributed by atoms with van der Waals surface area (Å²) in [6, 6.07) is 16.6. The van der Waals surface area contributed by atoms with Crippen LogP contribution in [0.1, 0.15) is 29.8 Å². The quantitative estimate of drug-likeness (QED) is 0.349. The molecule has 4 aromatic rings. The fourth-order valence-corrected chi connectivity index (χ4v) is 3.69. The maximum Gasteiger partial charge on any atom is 0.345 e. The van der Waals surface area contributed by atoms with Crippen LogP contribution in [0.5, 0.6) is 0 Å². The molecule has 0 radical (unpaired) electrons. The molecule has 0 bridgehead atoms. The highest BCUT2D eigenvalue weighted by molar-refractivity contribution is 5.90. The standard InChI is InChI=1S/C25H24N4O4/c1-3-33-25(32)21-15-28(13-18-6-4-5-7-22(18)26)23-12-19(14-29(23)24(21)31)17-8-10-20(11-9-17)27-16(2)30/h4-12,14-15H,3,13,26H2,1-2H3,(H,27,30). The molecule has 0 spiro atoms. The van der Waals surface area contributed by atoms with E-state index in [2.05, 4.69) is 5.32 Å². The van der Waals surface area contributed by atoms with Gasteiger partial charge in [-0.15, -0.1) is 0 Å². The van der Waals surface area contributed by atoms with E-state index in [0.29, 0.717) is 23.6 Å². The minimum atomic E-state index is -0.672. The van der Waals surface area contributed by atoms with Crippen LogP contribution in [0, 0.1) is 0 Å². The van der Waals surface area contributed by atoms with Crippen molar-refractivity contribution in [1.29, 1.82) is 0 Å². The summed E-state index contributed by atoms with van der Waals surface area (Å²) < 4.78 is 8.36. The molecule has 0 saturated heterocycles. The van der Waals surface area contributed by atoms with E-state index in [-0.39, 0.29) is 18.1 Å². The smallest absolute Gasteiger partial charge is 0.345 e. The predicted octanol–water partition coefficient (Wildman–Crippen LogP) is 3.53. The Bertz CT molecular complexity index is 1400. The minimum Gasteiger partial charge on any atom is -0.462 e. The number of carbonyl (C=O) groups is 2. The average molecular weight is 444 g/mol. The number of fused-ring (bicyclic) bond motifs is 1. The van der Waals surface area contributed by atoms with Gasteiger partial charge in [-0.1, -0.05) is 30.3 Å². The van der Waals surface area contributed by atoms with Gasteiger partial charge in [0.15, 0.2) is 0 Å². The number of nitrogen functional groups attached to an aromatic ring is 1. The highest BCUT2D eigenvalue weighted by Crippen LogP contribution is 2.25. The molecule has 8 heteroatoms. The van der Waals surface area contributed by atoms with Crippen LogP contribution in [0.3, 0.4) is 0 Å². The number of hydrogen-bond donors (Lipinski definition) is 2. The summed E-state index contributed by atoms with van der Waals surface area (Å²) in [7, 11) is 0. The largest absolute Gasteiger partial charge is 0.462 e. The van der Waals surface area contributed by atoms with Crippen molar-refractivity contribution in [1.82, 2.24) is 8.97 Å². The van der Waals surface area contributed by atoms with E-state index >= 15 is 0 Å². The third-order valence-electron chi connectivity index (χ3n) is 5.26. The molecular formula is C25H24N4O4. The minimum absolute atomic E-state index is 0.0537. The maximum absolute atomic E-state index is 13.1. The zero-order valence-corrected chi connectivity index (χ0v) is 18.4. The molecule has 33 heavy (non-hydrogen) atoms. The van der Waals surface area contributed by atoms with Gasteiger partial charge in [0.2, 0.25) is 5.91 Å². The van der Waals surface area contributed by atoms with Gasteiger partial charge in [0.05, 0.1) is 13.2 Å². The molecule has 0 aliphatic carbocycles. The number of hydrogen-bond acceptors (Lipinski definition) is 5. The second kappa shape index (κ2) is 9.04. The van der Waals surface area contributed by atoms with E-state index in [9.17, 15) is 14.4 Å². The molecule has 3 N–H and O–H groups in total. The Labute approximate surface area is 190 Å². The molecule has 0 aliphatic rings. The number of benzene rings is 2. The van der Waals surface area contributed by atoms with Gasteiger partial charge < -0.3 is 20.4 Å². The monoisotopic (exact) mass is 444 g/mol. The Balaban J connectivity index is 1.84. The Morgan fingerprint density at radius 2 is 1.76 bits per heavy atom. The van der Waals surface area contributed by atoms with Crippen molar-refractivity contribution < 1.29 is 14.3 Å². The van der Waals surface area contributed by atoms with Crippen molar-refractivity contribution in [2.45, 2.75) is 20.4 Å². The number of esters is 1. The van der Waals surface area contributed by atoms with E-state index in [1.165, 1.54) is 17.5 Å². The van der Waals surface area contributed by atoms with Gasteiger partial charge in [-0.2, -0.15) is 0 Å². The topological polar surface area (TPSA) is 108 Å². The number of ether oxygens (including phenoxy) is 1. The first-order valence-electron chi connectivity index (χ1n) is 10.5. The fourth-order valence-electron chi connectivity index (χ4n) is 3.69. The number of rotatable bonds is 6. The lowest BCUT2D eigenvalue weighted by Gasteiger charge is -2.13. The molecule has 0 fully saturated rings. The van der Waals surface area contributed by atoms with E-state index in [1.807, 2.05) is 47.0 Å². The van der Waals surface area contributed by atoms with Crippen LogP contribution in [0.4, 0.5) is 11.4 Å². The molecule has 0 aliphatic heterocycles. The molecule has 2 aromatic carbocycles. The van der Waals surface area contributed by atoms with Crippen molar-refractivity contribution in [2.75, 3.05) is 17.7 Å². The van der Waals surface area contributed by atoms with Gasteiger partial charge in [0, 0.05) is 36.3 Å². The molecule has 2 aromatic heterocycles. The fraction of sp³-hybridized carbons (Fsp3) is 0.160. The van der Waals surface area contributed by atoms with Gasteiger partial charge in [-0.3, -0.25) is 14.0 Å². The average Bonchev–Trinajstić information content (AvgIpc) is 3.23. The van der Waals surface area contributed by atoms with Crippen molar-refractivity contribution in [3.8, 4) is 11.1 Å². The number of aromatic nitrogens is 2. The summed E-state index contributed by atoms with van der Waals surface area (Å²) >= 11 is 0. The first-order chi connectivity index (χ1) is 15.9. The summed E-state index contributed by atoms with van der Waals surface area (Å²) in [5.74, 6) is -0.824. The van der Waals surface area contributed by atoms with Gasteiger partial charge in [0.1, 0.15) is 11.2 Å². The molecule has 0 saturated carbocycles. The van der Waals surface area contributed by atoms with Crippen LogP contribution in [0.2, 0.25) is 0 Å². The first kappa shape index (κ1) is 21.9. The first-order valence-corrected chi connectivity index (χ1v) is 10.5. The summed E-state index contributed by atoms with van der Waals surface area (Å²) in [5, 5.41) is 2.73. The van der Waals surface area contributed by atoms with Crippen molar-refractivity contribution >= 4 is 28.9 Å². The summed E-state index contributed by atoms with van der Waals surface area (Å²) in [6.45, 7) is 3.68. The Kier molecular flexibility index (Phi) is 5.99. The van der Waals surface area contributed by atoms with Crippen LogP contribution >= 0.6 is 0 Å². The zero-order valence-electron chi connectivity index (χ0n) is 18.4. The Hall–Kier alpha value is -4.33. The number of para-hydroxylation sites is 1. The van der Waals surface area contributed by atoms with E-state index < -0.39 is 11.5 Å². The van der Waals surface area contributed by atoms with E-state index in [0.717, 1.165) is 16.7 Å². The third-order valence-corrected chi connectivity index (χ3v) is 5.26. The second-order valence-electron chi connectivity index (χ2n) is 7.61. The number of nitrogens with zero attached hydrogens (tertiary/aromatic N) is 2. The van der Waals surface area contributed by atoms with Crippen molar-refractivity contribution in [3.63, 3.8) is 0 Å². The van der Waals surface area contributed by atoms with Gasteiger partial charge >= 0.3 is 5.97 Å². The molecule has 168 valence electrons. The van der Waals surface area contributed by atoms with Crippen LogP contribution in [-0.4, -0.2) is 27.5 Å². The highest BCUT2D eigenvalue weighted by atomic mass is 16.5. The molecule has 0 unspecified atom stereocenters. The highest BCUT2D eigenvalue weighted by Gasteiger charge is 2.18. The Morgan fingerprint density at radius 1 is 1.03 bits per heavy atom. The second-order valence-corrected chi connectivity index (χ2v) is 7.61. The molecule has 8 nitrogen and oxygen atoms in total. The van der Waals surface area contributed by atoms with E-state index in [1.54, 1.807) is 25.3 Å². The predicted molar refractivity (Wildman–Crippen MR) is 127 cm³/mol. The van der Waals surface area contributed by atoms with E-state index in [4.69, 9.17) is 10.5 Å². The molecular weight excluding hydrogens is 420 g/mol. The van der Waals surface area contributed by atoms with Crippen LogP contribution in [0.25, 0.3) is 16.8 Å². The van der Waals surface area contributed by atoms with Gasteiger partial charge in [0.25, 0.3) is 5.56 Å². The summed E-state index contributed by atoms with van der Waals surface area (Å²) in [6.07, 6.45) is 3.21. The molecule has 4 rings (SSSR count). The van der Waals surface area contributed by atoms with Crippen LogP contribution in [0.15, 0.2) is 71.8 Å². The van der Waals surface area contributed by atoms with Crippen LogP contribution in [-0.2, 0) is 16.1 Å². The zero-order chi connectivity index (χ0) is 23.5. The van der Waals surface area contributed by atoms with Crippen LogP contribution < -0.4 is 16.6 Å². The third kappa shape index (κ3) is 4.50. The SMILES string of the molecule is CCOC(=O)c1cn(Cc2ccccc2N)c2cc(-c3ccc(NC(C)=O)cc3)cn2c1=O. The molecule has 0 atom stereocenters. The van der Waals surface area contributed by atoms with Gasteiger partial charge in [-0.05, 0) is 42.3 Å².